The minimum Gasteiger partial charge on any atom is -0.359 e. The first-order valence-electron chi connectivity index (χ1n) is 6.87. The lowest BCUT2D eigenvalue weighted by atomic mass is 10.1. The van der Waals surface area contributed by atoms with Gasteiger partial charge < -0.3 is 5.32 Å². The Hall–Kier alpha value is -2.35. The Kier molecular flexibility index (Phi) is 5.13. The Labute approximate surface area is 120 Å². The van der Waals surface area contributed by atoms with Gasteiger partial charge in [-0.25, -0.2) is 0 Å². The maximum absolute atomic E-state index is 11.7. The fourth-order valence-electron chi connectivity index (χ4n) is 1.95. The summed E-state index contributed by atoms with van der Waals surface area (Å²) < 4.78 is 0. The third-order valence-electron chi connectivity index (χ3n) is 3.00. The fraction of sp³-hybridized carbons (Fsp3) is 0.167. The zero-order valence-corrected chi connectivity index (χ0v) is 11.7. The number of rotatable bonds is 6. The summed E-state index contributed by atoms with van der Waals surface area (Å²) >= 11 is 0. The zero-order chi connectivity index (χ0) is 14.2. The van der Waals surface area contributed by atoms with Gasteiger partial charge in [0, 0.05) is 30.3 Å². The Morgan fingerprint density at radius 1 is 1.00 bits per heavy atom. The van der Waals surface area contributed by atoms with Crippen molar-refractivity contribution < 1.29 is 4.79 Å². The van der Waals surface area contributed by atoms with E-state index in [1.165, 1.54) is 5.56 Å². The molecule has 0 aromatic heterocycles. The van der Waals surface area contributed by atoms with Gasteiger partial charge in [0.2, 0.25) is 0 Å². The first-order valence-corrected chi connectivity index (χ1v) is 6.87. The van der Waals surface area contributed by atoms with Gasteiger partial charge in [-0.2, -0.15) is 0 Å². The van der Waals surface area contributed by atoms with Gasteiger partial charge in [0.1, 0.15) is 0 Å². The highest BCUT2D eigenvalue weighted by atomic mass is 16.1. The lowest BCUT2D eigenvalue weighted by Crippen LogP contribution is -2.06. The molecule has 0 atom stereocenters. The van der Waals surface area contributed by atoms with Gasteiger partial charge in [-0.1, -0.05) is 55.5 Å². The summed E-state index contributed by atoms with van der Waals surface area (Å²) in [5.74, 6) is 0.138. The Morgan fingerprint density at radius 2 is 1.60 bits per heavy atom. The SMILES string of the molecule is CCC(=O)/C=C(/Cc1ccccc1)Nc1ccccc1. The quantitative estimate of drug-likeness (QED) is 0.793. The summed E-state index contributed by atoms with van der Waals surface area (Å²) in [7, 11) is 0. The Balaban J connectivity index is 2.17. The van der Waals surface area contributed by atoms with Crippen LogP contribution in [0.1, 0.15) is 18.9 Å². The van der Waals surface area contributed by atoms with Crippen molar-refractivity contribution in [3.8, 4) is 0 Å². The number of ketones is 1. The number of para-hydroxylation sites is 1. The van der Waals surface area contributed by atoms with Gasteiger partial charge in [0.25, 0.3) is 0 Å². The number of hydrogen-bond acceptors (Lipinski definition) is 2. The fourth-order valence-corrected chi connectivity index (χ4v) is 1.95. The van der Waals surface area contributed by atoms with Crippen LogP contribution < -0.4 is 5.32 Å². The van der Waals surface area contributed by atoms with Crippen LogP contribution in [0.25, 0.3) is 0 Å². The van der Waals surface area contributed by atoms with Crippen LogP contribution in [0.15, 0.2) is 72.4 Å². The van der Waals surface area contributed by atoms with Crippen LogP contribution in [-0.2, 0) is 11.2 Å². The molecule has 0 aliphatic carbocycles. The summed E-state index contributed by atoms with van der Waals surface area (Å²) in [6, 6.07) is 20.1. The minimum atomic E-state index is 0.138. The average molecular weight is 265 g/mol. The van der Waals surface area contributed by atoms with Crippen molar-refractivity contribution in [2.24, 2.45) is 0 Å². The highest BCUT2D eigenvalue weighted by molar-refractivity contribution is 5.90. The third-order valence-corrected chi connectivity index (χ3v) is 3.00. The zero-order valence-electron chi connectivity index (χ0n) is 11.7. The molecule has 0 unspecified atom stereocenters. The molecular formula is C18H19NO. The lowest BCUT2D eigenvalue weighted by molar-refractivity contribution is -0.114. The van der Waals surface area contributed by atoms with Crippen molar-refractivity contribution in [1.82, 2.24) is 0 Å². The summed E-state index contributed by atoms with van der Waals surface area (Å²) in [6.45, 7) is 1.88. The number of benzene rings is 2. The smallest absolute Gasteiger partial charge is 0.157 e. The van der Waals surface area contributed by atoms with Gasteiger partial charge >= 0.3 is 0 Å². The predicted molar refractivity (Wildman–Crippen MR) is 83.6 cm³/mol. The number of allylic oxidation sites excluding steroid dienone is 2. The molecule has 0 radical (unpaired) electrons. The van der Waals surface area contributed by atoms with E-state index in [9.17, 15) is 4.79 Å². The van der Waals surface area contributed by atoms with Crippen LogP contribution in [0, 0.1) is 0 Å². The van der Waals surface area contributed by atoms with Gasteiger partial charge in [-0.15, -0.1) is 0 Å². The molecule has 0 saturated carbocycles. The maximum atomic E-state index is 11.7. The molecule has 0 heterocycles. The number of nitrogens with one attached hydrogen (secondary N) is 1. The van der Waals surface area contributed by atoms with Crippen molar-refractivity contribution >= 4 is 11.5 Å². The molecular weight excluding hydrogens is 246 g/mol. The van der Waals surface area contributed by atoms with E-state index in [4.69, 9.17) is 0 Å². The van der Waals surface area contributed by atoms with Crippen molar-refractivity contribution in [3.63, 3.8) is 0 Å². The van der Waals surface area contributed by atoms with Crippen molar-refractivity contribution in [2.75, 3.05) is 5.32 Å². The van der Waals surface area contributed by atoms with E-state index in [0.717, 1.165) is 17.8 Å². The molecule has 20 heavy (non-hydrogen) atoms. The van der Waals surface area contributed by atoms with E-state index in [2.05, 4.69) is 17.4 Å². The monoisotopic (exact) mass is 265 g/mol. The predicted octanol–water partition coefficient (Wildman–Crippen LogP) is 4.20. The Bertz CT molecular complexity index is 529. The largest absolute Gasteiger partial charge is 0.359 e. The molecule has 0 saturated heterocycles. The molecule has 1 N–H and O–H groups in total. The molecule has 2 aromatic carbocycles. The molecule has 2 nitrogen and oxygen atoms in total. The molecule has 2 heteroatoms. The van der Waals surface area contributed by atoms with Crippen LogP contribution in [0.4, 0.5) is 5.69 Å². The van der Waals surface area contributed by atoms with E-state index >= 15 is 0 Å². The van der Waals surface area contributed by atoms with E-state index in [0.29, 0.717) is 6.42 Å². The third kappa shape index (κ3) is 4.39. The highest BCUT2D eigenvalue weighted by Gasteiger charge is 2.03. The van der Waals surface area contributed by atoms with Crippen molar-refractivity contribution in [2.45, 2.75) is 19.8 Å². The second-order valence-electron chi connectivity index (χ2n) is 4.64. The Morgan fingerprint density at radius 3 is 2.20 bits per heavy atom. The summed E-state index contributed by atoms with van der Waals surface area (Å²) in [5.41, 5.74) is 3.11. The molecule has 0 aliphatic rings. The number of carbonyl (C=O) groups is 1. The van der Waals surface area contributed by atoms with E-state index in [-0.39, 0.29) is 5.78 Å². The molecule has 0 amide bonds. The van der Waals surface area contributed by atoms with Crippen LogP contribution in [0.3, 0.4) is 0 Å². The van der Waals surface area contributed by atoms with E-state index < -0.39 is 0 Å². The summed E-state index contributed by atoms with van der Waals surface area (Å²) in [5, 5.41) is 3.33. The molecule has 2 aromatic rings. The molecule has 0 aliphatic heterocycles. The van der Waals surface area contributed by atoms with Crippen LogP contribution in [0.5, 0.6) is 0 Å². The normalized spacial score (nSPS) is 11.2. The summed E-state index contributed by atoms with van der Waals surface area (Å²) in [6.07, 6.45) is 2.95. The van der Waals surface area contributed by atoms with Crippen molar-refractivity contribution in [1.29, 1.82) is 0 Å². The van der Waals surface area contributed by atoms with E-state index in [1.807, 2.05) is 55.5 Å². The number of carbonyl (C=O) groups excluding carboxylic acids is 1. The second-order valence-corrected chi connectivity index (χ2v) is 4.64. The van der Waals surface area contributed by atoms with Crippen LogP contribution in [0.2, 0.25) is 0 Å². The molecule has 0 bridgehead atoms. The minimum absolute atomic E-state index is 0.138. The van der Waals surface area contributed by atoms with Gasteiger partial charge in [0.05, 0.1) is 0 Å². The second kappa shape index (κ2) is 7.29. The number of anilines is 1. The van der Waals surface area contributed by atoms with Crippen molar-refractivity contribution in [3.05, 3.63) is 78.0 Å². The average Bonchev–Trinajstić information content (AvgIpc) is 2.49. The van der Waals surface area contributed by atoms with Gasteiger partial charge in [-0.3, -0.25) is 4.79 Å². The summed E-state index contributed by atoms with van der Waals surface area (Å²) in [4.78, 5) is 11.7. The molecule has 2 rings (SSSR count). The standard InChI is InChI=1S/C18H19NO/c1-2-18(20)14-17(13-15-9-5-3-6-10-15)19-16-11-7-4-8-12-16/h3-12,14,19H,2,13H2,1H3/b17-14-. The highest BCUT2D eigenvalue weighted by Crippen LogP contribution is 2.14. The maximum Gasteiger partial charge on any atom is 0.157 e. The molecule has 0 spiro atoms. The first-order chi connectivity index (χ1) is 9.78. The molecule has 0 fully saturated rings. The number of hydrogen-bond donors (Lipinski definition) is 1. The van der Waals surface area contributed by atoms with Crippen LogP contribution >= 0.6 is 0 Å². The van der Waals surface area contributed by atoms with Crippen LogP contribution in [-0.4, -0.2) is 5.78 Å². The lowest BCUT2D eigenvalue weighted by Gasteiger charge is -2.11. The van der Waals surface area contributed by atoms with Gasteiger partial charge in [0.15, 0.2) is 5.78 Å². The topological polar surface area (TPSA) is 29.1 Å². The molecule has 102 valence electrons. The first kappa shape index (κ1) is 14.1. The van der Waals surface area contributed by atoms with E-state index in [1.54, 1.807) is 6.08 Å². The van der Waals surface area contributed by atoms with Gasteiger partial charge in [-0.05, 0) is 17.7 Å².